The summed E-state index contributed by atoms with van der Waals surface area (Å²) in [5, 5.41) is 5.22. The van der Waals surface area contributed by atoms with Crippen LogP contribution in [0.5, 0.6) is 0 Å². The topological polar surface area (TPSA) is 0 Å². The molecular formula is C56H66Cl8Si3Zr. The van der Waals surface area contributed by atoms with Crippen molar-refractivity contribution < 1.29 is 17.4 Å². The molecule has 68 heavy (non-hydrogen) atoms. The van der Waals surface area contributed by atoms with Gasteiger partial charge in [0, 0.05) is 0 Å². The van der Waals surface area contributed by atoms with Gasteiger partial charge in [0.25, 0.3) is 0 Å². The van der Waals surface area contributed by atoms with Crippen LogP contribution in [0.2, 0.25) is 20.3 Å². The van der Waals surface area contributed by atoms with Crippen molar-refractivity contribution in [3.63, 3.8) is 0 Å². The van der Waals surface area contributed by atoms with Crippen molar-refractivity contribution in [2.45, 2.75) is 118 Å². The summed E-state index contributed by atoms with van der Waals surface area (Å²) in [6, 6.07) is 42.4. The van der Waals surface area contributed by atoms with Gasteiger partial charge in [-0.2, -0.15) is 0 Å². The first-order chi connectivity index (χ1) is 31.7. The van der Waals surface area contributed by atoms with E-state index in [2.05, 4.69) is 154 Å². The Bertz CT molecular complexity index is 2620. The molecular weight excluding hydrogens is 1130 g/mol. The fourth-order valence-corrected chi connectivity index (χ4v) is 47.5. The van der Waals surface area contributed by atoms with Gasteiger partial charge >= 0.3 is 432 Å². The maximum absolute atomic E-state index is 6.28. The van der Waals surface area contributed by atoms with E-state index in [1.807, 2.05) is 0 Å². The van der Waals surface area contributed by atoms with Crippen molar-refractivity contribution in [2.24, 2.45) is 0 Å². The molecule has 2 aliphatic rings. The Kier molecular flexibility index (Phi) is 20.3. The Morgan fingerprint density at radius 1 is 0.412 bits per heavy atom. The molecule has 8 rings (SSSR count). The molecule has 6 aromatic carbocycles. The average Bonchev–Trinajstić information content (AvgIpc) is 3.84. The van der Waals surface area contributed by atoms with E-state index >= 15 is 0 Å². The third-order valence-electron chi connectivity index (χ3n) is 15.3. The molecule has 0 saturated carbocycles. The second kappa shape index (κ2) is 24.5. The van der Waals surface area contributed by atoms with Crippen LogP contribution in [0.4, 0.5) is 0 Å². The van der Waals surface area contributed by atoms with E-state index in [0.717, 1.165) is 37.8 Å². The first-order valence-corrected chi connectivity index (χ1v) is 47.1. The smallest absolute Gasteiger partial charge is 0.147 e. The second-order valence-electron chi connectivity index (χ2n) is 19.9. The summed E-state index contributed by atoms with van der Waals surface area (Å²) >= 11 is 33.4. The Morgan fingerprint density at radius 2 is 0.735 bits per heavy atom. The largest absolute Gasteiger partial charge is 0.147 e. The van der Waals surface area contributed by atoms with Gasteiger partial charge in [-0.05, 0) is 0 Å². The van der Waals surface area contributed by atoms with Gasteiger partial charge in [-0.15, -0.1) is 24.8 Å². The Balaban J connectivity index is 0.00000381. The van der Waals surface area contributed by atoms with E-state index in [1.54, 1.807) is 22.3 Å². The quantitative estimate of drug-likeness (QED) is 0.0361. The maximum Gasteiger partial charge on any atom is -0.147 e. The molecule has 0 heterocycles. The molecule has 0 aliphatic heterocycles. The molecule has 0 bridgehead atoms. The zero-order valence-corrected chi connectivity index (χ0v) is 51.5. The summed E-state index contributed by atoms with van der Waals surface area (Å²) in [5.74, 6) is 0. The van der Waals surface area contributed by atoms with Gasteiger partial charge in [-0.25, -0.2) is 0 Å². The minimum absolute atomic E-state index is 0. The molecule has 0 radical (unpaired) electrons. The van der Waals surface area contributed by atoms with Gasteiger partial charge in [-0.1, -0.05) is 0 Å². The van der Waals surface area contributed by atoms with Crippen molar-refractivity contribution in [1.82, 2.24) is 0 Å². The van der Waals surface area contributed by atoms with Crippen molar-refractivity contribution in [3.8, 4) is 22.3 Å². The summed E-state index contributed by atoms with van der Waals surface area (Å²) in [4.78, 5) is 0. The molecule has 0 amide bonds. The van der Waals surface area contributed by atoms with Crippen LogP contribution in [0, 0.1) is 0 Å². The standard InChI is InChI=1S/2C20H15.2C8H16Cl3Si.2ClH.H2Si.Zr/c2*1-14-12-16-8-5-11-19(20(16)13-14)18-10-4-7-15-6-2-3-9-17(15)18;2*1-2-3-4-5-6-7-8-12(9,10)11;;;;/h2*2-13H,1H3;2*1-8H2;2*1H;1H2;. The van der Waals surface area contributed by atoms with Crippen molar-refractivity contribution in [3.05, 3.63) is 155 Å². The van der Waals surface area contributed by atoms with Gasteiger partial charge in [0.2, 0.25) is 0 Å². The number of halogens is 8. The molecule has 6 aromatic rings. The van der Waals surface area contributed by atoms with E-state index in [9.17, 15) is 0 Å². The molecule has 0 aromatic heterocycles. The first kappa shape index (κ1) is 56.5. The predicted molar refractivity (Wildman–Crippen MR) is 316 cm³/mol. The second-order valence-corrected chi connectivity index (χ2v) is 65.1. The van der Waals surface area contributed by atoms with Gasteiger partial charge in [0.15, 0.2) is 0 Å². The van der Waals surface area contributed by atoms with E-state index in [0.29, 0.717) is 7.25 Å². The minimum Gasteiger partial charge on any atom is -0.147 e. The summed E-state index contributed by atoms with van der Waals surface area (Å²) in [5.41, 5.74) is 14.6. The maximum atomic E-state index is 6.28. The summed E-state index contributed by atoms with van der Waals surface area (Å²) in [6.45, 7) is 7.62. The molecule has 2 aliphatic carbocycles. The van der Waals surface area contributed by atoms with Crippen molar-refractivity contribution in [2.75, 3.05) is 0 Å². The van der Waals surface area contributed by atoms with Crippen LogP contribution in [-0.4, -0.2) is 18.9 Å². The van der Waals surface area contributed by atoms with Crippen LogP contribution in [0.15, 0.2) is 132 Å². The molecule has 0 nitrogen and oxygen atoms in total. The van der Waals surface area contributed by atoms with Gasteiger partial charge in [0.05, 0.1) is 0 Å². The Morgan fingerprint density at radius 3 is 1.13 bits per heavy atom. The van der Waals surface area contributed by atoms with Crippen LogP contribution in [-0.2, 0) is 17.4 Å². The van der Waals surface area contributed by atoms with Crippen LogP contribution in [0.3, 0.4) is 0 Å². The summed E-state index contributed by atoms with van der Waals surface area (Å²) in [7, 11) is 0. The molecule has 12 heteroatoms. The third-order valence-corrected chi connectivity index (χ3v) is 49.1. The number of allylic oxidation sites excluding steroid dienone is 2. The average molecular weight is 1200 g/mol. The molecule has 0 N–H and O–H groups in total. The van der Waals surface area contributed by atoms with Gasteiger partial charge in [-0.3, -0.25) is 0 Å². The summed E-state index contributed by atoms with van der Waals surface area (Å²) < 4.78 is 3.57. The van der Waals surface area contributed by atoms with E-state index in [-0.39, 0.29) is 24.8 Å². The molecule has 2 atom stereocenters. The fraction of sp³-hybridized carbons (Fsp3) is 0.357. The first-order valence-electron chi connectivity index (χ1n) is 24.4. The number of rotatable bonds is 22. The van der Waals surface area contributed by atoms with Crippen LogP contribution in [0.1, 0.15) is 120 Å². The minimum atomic E-state index is -4.25. The monoisotopic (exact) mass is 1190 g/mol. The molecule has 0 spiro atoms. The number of fused-ring (bicyclic) bond motifs is 4. The van der Waals surface area contributed by atoms with Gasteiger partial charge in [0.1, 0.15) is 0 Å². The predicted octanol–water partition coefficient (Wildman–Crippen LogP) is 20.9. The number of benzene rings is 6. The molecule has 2 unspecified atom stereocenters. The molecule has 0 fully saturated rings. The van der Waals surface area contributed by atoms with Crippen LogP contribution in [0.25, 0.3) is 56.0 Å². The van der Waals surface area contributed by atoms with E-state index in [4.69, 9.17) is 66.5 Å². The zero-order chi connectivity index (χ0) is 46.6. The Labute approximate surface area is 451 Å². The van der Waals surface area contributed by atoms with Crippen molar-refractivity contribution in [1.29, 1.82) is 0 Å². The van der Waals surface area contributed by atoms with Gasteiger partial charge < -0.3 is 0 Å². The van der Waals surface area contributed by atoms with Crippen molar-refractivity contribution >= 4 is 144 Å². The third kappa shape index (κ3) is 12.7. The number of hydrogen-bond donors (Lipinski definition) is 0. The van der Waals surface area contributed by atoms with E-state index in [1.165, 1.54) is 115 Å². The van der Waals surface area contributed by atoms with Crippen LogP contribution < -0.4 is 0 Å². The van der Waals surface area contributed by atoms with E-state index < -0.39 is 29.4 Å². The normalized spacial score (nSPS) is 16.0. The number of unbranched alkanes of at least 4 members (excludes halogenated alkanes) is 10. The SMILES string of the molecule is CC1=Cc2c(-c3cccc4ccccc34)cccc2[CH]1[Zr](=[SiH2])([CH2]CCCCCCC[Si](Cl)(Cl)Cl)([CH2]CCCCCCC[Si](Cl)(Cl)Cl)[CH]1C(C)=Cc2c(-c3cccc4ccccc34)cccc21.Cl.Cl. The molecule has 362 valence electrons. The van der Waals surface area contributed by atoms with Crippen LogP contribution >= 0.6 is 91.3 Å². The number of hydrogen-bond acceptors (Lipinski definition) is 0. The Hall–Kier alpha value is -0.826. The molecule has 0 saturated heterocycles. The fourth-order valence-electron chi connectivity index (χ4n) is 12.7. The summed E-state index contributed by atoms with van der Waals surface area (Å²) in [6.07, 6.45) is 19.4. The zero-order valence-electron chi connectivity index (χ0n) is 39.5.